The van der Waals surface area contributed by atoms with Crippen LogP contribution in [0.5, 0.6) is 0 Å². The SMILES string of the molecule is CCCCc1nc(-c2ccccc2N)cs1. The third-order valence-electron chi connectivity index (χ3n) is 2.53. The minimum Gasteiger partial charge on any atom is -0.398 e. The number of benzene rings is 1. The molecule has 84 valence electrons. The van der Waals surface area contributed by atoms with Crippen molar-refractivity contribution in [2.24, 2.45) is 0 Å². The van der Waals surface area contributed by atoms with Gasteiger partial charge in [-0.05, 0) is 18.9 Å². The molecular weight excluding hydrogens is 216 g/mol. The molecule has 0 aliphatic heterocycles. The first-order chi connectivity index (χ1) is 7.81. The van der Waals surface area contributed by atoms with Crippen molar-refractivity contribution in [3.8, 4) is 11.3 Å². The van der Waals surface area contributed by atoms with E-state index >= 15 is 0 Å². The fourth-order valence-corrected chi connectivity index (χ4v) is 2.45. The first kappa shape index (κ1) is 11.1. The van der Waals surface area contributed by atoms with Gasteiger partial charge >= 0.3 is 0 Å². The van der Waals surface area contributed by atoms with Crippen molar-refractivity contribution in [2.75, 3.05) is 5.73 Å². The molecule has 0 fully saturated rings. The monoisotopic (exact) mass is 232 g/mol. The summed E-state index contributed by atoms with van der Waals surface area (Å²) in [5.74, 6) is 0. The van der Waals surface area contributed by atoms with Crippen molar-refractivity contribution in [3.63, 3.8) is 0 Å². The van der Waals surface area contributed by atoms with Crippen molar-refractivity contribution in [1.82, 2.24) is 4.98 Å². The highest BCUT2D eigenvalue weighted by molar-refractivity contribution is 7.09. The Hall–Kier alpha value is -1.35. The van der Waals surface area contributed by atoms with Gasteiger partial charge in [0.1, 0.15) is 0 Å². The van der Waals surface area contributed by atoms with Crippen molar-refractivity contribution in [2.45, 2.75) is 26.2 Å². The van der Waals surface area contributed by atoms with Crippen LogP contribution in [0.25, 0.3) is 11.3 Å². The predicted molar refractivity (Wildman–Crippen MR) is 70.6 cm³/mol. The van der Waals surface area contributed by atoms with Gasteiger partial charge in [0.25, 0.3) is 0 Å². The van der Waals surface area contributed by atoms with E-state index in [4.69, 9.17) is 5.73 Å². The quantitative estimate of drug-likeness (QED) is 0.816. The number of hydrogen-bond acceptors (Lipinski definition) is 3. The van der Waals surface area contributed by atoms with E-state index in [-0.39, 0.29) is 0 Å². The van der Waals surface area contributed by atoms with Crippen LogP contribution in [0.15, 0.2) is 29.6 Å². The molecule has 16 heavy (non-hydrogen) atoms. The Balaban J connectivity index is 2.22. The van der Waals surface area contributed by atoms with E-state index in [2.05, 4.69) is 17.3 Å². The molecule has 1 aromatic carbocycles. The Morgan fingerprint density at radius 2 is 2.12 bits per heavy atom. The number of rotatable bonds is 4. The fraction of sp³-hybridized carbons (Fsp3) is 0.308. The summed E-state index contributed by atoms with van der Waals surface area (Å²) < 4.78 is 0. The molecule has 2 aromatic rings. The summed E-state index contributed by atoms with van der Waals surface area (Å²) in [6, 6.07) is 7.88. The molecule has 3 heteroatoms. The minimum absolute atomic E-state index is 0.801. The van der Waals surface area contributed by atoms with Crippen LogP contribution in [-0.2, 0) is 6.42 Å². The topological polar surface area (TPSA) is 38.9 Å². The molecule has 0 spiro atoms. The number of para-hydroxylation sites is 1. The molecule has 0 bridgehead atoms. The van der Waals surface area contributed by atoms with Gasteiger partial charge in [0.15, 0.2) is 0 Å². The third kappa shape index (κ3) is 2.42. The summed E-state index contributed by atoms with van der Waals surface area (Å²) in [5, 5.41) is 3.30. The zero-order valence-corrected chi connectivity index (χ0v) is 10.3. The van der Waals surface area contributed by atoms with Gasteiger partial charge in [-0.3, -0.25) is 0 Å². The average molecular weight is 232 g/mol. The standard InChI is InChI=1S/C13H16N2S/c1-2-3-8-13-15-12(9-16-13)10-6-4-5-7-11(10)14/h4-7,9H,2-3,8,14H2,1H3. The lowest BCUT2D eigenvalue weighted by atomic mass is 10.1. The maximum absolute atomic E-state index is 5.93. The molecule has 0 atom stereocenters. The Morgan fingerprint density at radius 1 is 1.31 bits per heavy atom. The smallest absolute Gasteiger partial charge is 0.0932 e. The first-order valence-electron chi connectivity index (χ1n) is 5.60. The van der Waals surface area contributed by atoms with Crippen LogP contribution in [-0.4, -0.2) is 4.98 Å². The summed E-state index contributed by atoms with van der Waals surface area (Å²) in [5.41, 5.74) is 8.78. The number of nitrogens with two attached hydrogens (primary N) is 1. The van der Waals surface area contributed by atoms with Gasteiger partial charge in [-0.2, -0.15) is 0 Å². The summed E-state index contributed by atoms with van der Waals surface area (Å²) in [7, 11) is 0. The van der Waals surface area contributed by atoms with Gasteiger partial charge in [0.05, 0.1) is 10.7 Å². The van der Waals surface area contributed by atoms with E-state index in [1.807, 2.05) is 24.3 Å². The van der Waals surface area contributed by atoms with Crippen LogP contribution in [0.1, 0.15) is 24.8 Å². The van der Waals surface area contributed by atoms with E-state index in [0.29, 0.717) is 0 Å². The Morgan fingerprint density at radius 3 is 2.88 bits per heavy atom. The molecule has 0 aliphatic rings. The minimum atomic E-state index is 0.801. The third-order valence-corrected chi connectivity index (χ3v) is 3.44. The zero-order chi connectivity index (χ0) is 11.4. The summed E-state index contributed by atoms with van der Waals surface area (Å²) in [6.45, 7) is 2.20. The number of nitrogen functional groups attached to an aromatic ring is 1. The van der Waals surface area contributed by atoms with E-state index in [0.717, 1.165) is 23.4 Å². The van der Waals surface area contributed by atoms with E-state index in [9.17, 15) is 0 Å². The molecular formula is C13H16N2S. The number of aryl methyl sites for hydroxylation is 1. The molecule has 2 nitrogen and oxygen atoms in total. The molecule has 2 N–H and O–H groups in total. The molecule has 0 aliphatic carbocycles. The molecule has 0 saturated carbocycles. The lowest BCUT2D eigenvalue weighted by molar-refractivity contribution is 0.790. The summed E-state index contributed by atoms with van der Waals surface area (Å²) in [6.07, 6.45) is 3.49. The van der Waals surface area contributed by atoms with Crippen molar-refractivity contribution in [1.29, 1.82) is 0 Å². The highest BCUT2D eigenvalue weighted by Gasteiger charge is 2.06. The van der Waals surface area contributed by atoms with Crippen molar-refractivity contribution < 1.29 is 0 Å². The number of hydrogen-bond donors (Lipinski definition) is 1. The number of aromatic nitrogens is 1. The molecule has 0 unspecified atom stereocenters. The van der Waals surface area contributed by atoms with Gasteiger partial charge in [0, 0.05) is 16.6 Å². The maximum Gasteiger partial charge on any atom is 0.0932 e. The van der Waals surface area contributed by atoms with E-state index in [1.165, 1.54) is 17.8 Å². The molecule has 0 saturated heterocycles. The molecule has 0 amide bonds. The number of nitrogens with zero attached hydrogens (tertiary/aromatic N) is 1. The van der Waals surface area contributed by atoms with Gasteiger partial charge in [-0.1, -0.05) is 31.5 Å². The first-order valence-corrected chi connectivity index (χ1v) is 6.48. The van der Waals surface area contributed by atoms with Crippen LogP contribution in [0.2, 0.25) is 0 Å². The second kappa shape index (κ2) is 5.12. The van der Waals surface area contributed by atoms with Gasteiger partial charge < -0.3 is 5.73 Å². The van der Waals surface area contributed by atoms with Crippen LogP contribution in [0.4, 0.5) is 5.69 Å². The number of unbranched alkanes of at least 4 members (excludes halogenated alkanes) is 1. The maximum atomic E-state index is 5.93. The lowest BCUT2D eigenvalue weighted by Gasteiger charge is -2.00. The molecule has 1 heterocycles. The highest BCUT2D eigenvalue weighted by atomic mass is 32.1. The predicted octanol–water partition coefficient (Wildman–Crippen LogP) is 3.73. The number of anilines is 1. The van der Waals surface area contributed by atoms with Crippen molar-refractivity contribution in [3.05, 3.63) is 34.7 Å². The molecule has 2 rings (SSSR count). The Labute approximate surface area is 100 Å². The van der Waals surface area contributed by atoms with Gasteiger partial charge in [0.2, 0.25) is 0 Å². The van der Waals surface area contributed by atoms with Crippen LogP contribution < -0.4 is 5.73 Å². The fourth-order valence-electron chi connectivity index (χ4n) is 1.61. The van der Waals surface area contributed by atoms with Crippen LogP contribution in [0, 0.1) is 0 Å². The van der Waals surface area contributed by atoms with Crippen LogP contribution in [0.3, 0.4) is 0 Å². The second-order valence-corrected chi connectivity index (χ2v) is 4.76. The van der Waals surface area contributed by atoms with Crippen LogP contribution >= 0.6 is 11.3 Å². The largest absolute Gasteiger partial charge is 0.398 e. The van der Waals surface area contributed by atoms with E-state index in [1.54, 1.807) is 11.3 Å². The lowest BCUT2D eigenvalue weighted by Crippen LogP contribution is -1.90. The molecule has 1 aromatic heterocycles. The van der Waals surface area contributed by atoms with Crippen molar-refractivity contribution >= 4 is 17.0 Å². The zero-order valence-electron chi connectivity index (χ0n) is 9.44. The van der Waals surface area contributed by atoms with Gasteiger partial charge in [-0.15, -0.1) is 11.3 Å². The van der Waals surface area contributed by atoms with E-state index < -0.39 is 0 Å². The number of thiazole rings is 1. The second-order valence-electron chi connectivity index (χ2n) is 3.82. The Kier molecular flexibility index (Phi) is 3.57. The molecule has 0 radical (unpaired) electrons. The normalized spacial score (nSPS) is 10.6. The summed E-state index contributed by atoms with van der Waals surface area (Å²) in [4.78, 5) is 4.62. The highest BCUT2D eigenvalue weighted by Crippen LogP contribution is 2.27. The van der Waals surface area contributed by atoms with Gasteiger partial charge in [-0.25, -0.2) is 4.98 Å². The average Bonchev–Trinajstić information content (AvgIpc) is 2.75. The Bertz CT molecular complexity index is 462. The summed E-state index contributed by atoms with van der Waals surface area (Å²) >= 11 is 1.73.